The van der Waals surface area contributed by atoms with Gasteiger partial charge in [-0.05, 0) is 142 Å². The molecule has 504 valence electrons. The summed E-state index contributed by atoms with van der Waals surface area (Å²) in [5.74, 6) is -4.81. The molecule has 4 aromatic carbocycles. The van der Waals surface area contributed by atoms with Crippen molar-refractivity contribution in [2.24, 2.45) is 0 Å². The molecule has 0 saturated carbocycles. The Kier molecular flexibility index (Phi) is 27.5. The van der Waals surface area contributed by atoms with Gasteiger partial charge in [-0.1, -0.05) is 132 Å². The number of ether oxygens (including phenoxy) is 8. The lowest BCUT2D eigenvalue weighted by Gasteiger charge is -2.29. The van der Waals surface area contributed by atoms with Crippen molar-refractivity contribution >= 4 is 47.5 Å². The van der Waals surface area contributed by atoms with E-state index in [1.807, 2.05) is 0 Å². The number of carbonyl (C=O) groups excluding carboxylic acids is 8. The Labute approximate surface area is 544 Å². The molecule has 0 unspecified atom stereocenters. The standard InChI is InChI=1S/C72H100N4O16/c1-17-85-65(81)61(77)73-25-21-29-89-57-45-33-47-39-54(70(8,9)10)41-49(58(47)90-30-22-26-74-62(78)66(82)86-18-2)35-51-43-56(72(14,15)16)44-52(60(51)92-32-24-28-76-64(80)68(84)88-20-4)36-50-42-55(71(11,12)13)40-48(34-46(57)38-53(37-45)69(5,6)7)59(50)91-31-23-27-75-63(79)67(83)87-19-3/h37-44H,17-36H2,1-16H3,(H,73,77)(H,74,78)(H,75,79)(H,76,80). The van der Waals surface area contributed by atoms with Crippen LogP contribution in [0.2, 0.25) is 0 Å². The van der Waals surface area contributed by atoms with Gasteiger partial charge in [-0.15, -0.1) is 0 Å². The molecule has 0 fully saturated rings. The van der Waals surface area contributed by atoms with E-state index in [4.69, 9.17) is 37.9 Å². The summed E-state index contributed by atoms with van der Waals surface area (Å²) in [6, 6.07) is 17.5. The maximum absolute atomic E-state index is 12.7. The molecule has 0 saturated heterocycles. The molecule has 1 aliphatic rings. The van der Waals surface area contributed by atoms with E-state index < -0.39 is 47.5 Å². The smallest absolute Gasteiger partial charge is 0.396 e. The van der Waals surface area contributed by atoms with E-state index in [1.54, 1.807) is 27.7 Å². The van der Waals surface area contributed by atoms with Gasteiger partial charge in [0.1, 0.15) is 23.0 Å². The van der Waals surface area contributed by atoms with Gasteiger partial charge in [-0.25, -0.2) is 19.2 Å². The van der Waals surface area contributed by atoms with E-state index in [-0.39, 0.29) is 101 Å². The third-order valence-electron chi connectivity index (χ3n) is 15.2. The van der Waals surface area contributed by atoms with Crippen molar-refractivity contribution in [3.05, 3.63) is 115 Å². The molecule has 0 aliphatic heterocycles. The molecule has 4 N–H and O–H groups in total. The quantitative estimate of drug-likeness (QED) is 0.0194. The highest BCUT2D eigenvalue weighted by atomic mass is 16.6. The van der Waals surface area contributed by atoms with Crippen molar-refractivity contribution in [3.63, 3.8) is 0 Å². The zero-order chi connectivity index (χ0) is 68.1. The van der Waals surface area contributed by atoms with Crippen LogP contribution in [0.15, 0.2) is 48.5 Å². The maximum Gasteiger partial charge on any atom is 0.396 e. The summed E-state index contributed by atoms with van der Waals surface area (Å²) < 4.78 is 48.0. The lowest BCUT2D eigenvalue weighted by Crippen LogP contribution is -2.33. The first-order valence-corrected chi connectivity index (χ1v) is 32.3. The third-order valence-corrected chi connectivity index (χ3v) is 15.2. The zero-order valence-electron chi connectivity index (χ0n) is 57.3. The average Bonchev–Trinajstić information content (AvgIpc) is 0.780. The molecular formula is C72H100N4O16. The van der Waals surface area contributed by atoms with Crippen LogP contribution in [-0.4, -0.2) is 127 Å². The van der Waals surface area contributed by atoms with Gasteiger partial charge in [0.2, 0.25) is 0 Å². The van der Waals surface area contributed by atoms with E-state index >= 15 is 0 Å². The van der Waals surface area contributed by atoms with Gasteiger partial charge in [0.05, 0.1) is 52.9 Å². The average molecular weight is 1280 g/mol. The van der Waals surface area contributed by atoms with Gasteiger partial charge < -0.3 is 59.2 Å². The molecule has 0 radical (unpaired) electrons. The largest absolute Gasteiger partial charge is 0.493 e. The first-order chi connectivity index (χ1) is 43.3. The monoisotopic (exact) mass is 1280 g/mol. The van der Waals surface area contributed by atoms with Crippen LogP contribution in [0.25, 0.3) is 0 Å². The second-order valence-electron chi connectivity index (χ2n) is 26.9. The summed E-state index contributed by atoms with van der Waals surface area (Å²) >= 11 is 0. The summed E-state index contributed by atoms with van der Waals surface area (Å²) in [4.78, 5) is 100. The molecule has 1 aliphatic carbocycles. The van der Waals surface area contributed by atoms with Gasteiger partial charge in [-0.2, -0.15) is 0 Å². The van der Waals surface area contributed by atoms with Gasteiger partial charge in [-0.3, -0.25) is 19.2 Å². The molecule has 5 rings (SSSR count). The number of nitrogens with one attached hydrogen (secondary N) is 4. The van der Waals surface area contributed by atoms with Crippen molar-refractivity contribution in [1.82, 2.24) is 21.3 Å². The van der Waals surface area contributed by atoms with E-state index in [0.717, 1.165) is 66.8 Å². The number of amides is 4. The molecule has 0 aromatic heterocycles. The van der Waals surface area contributed by atoms with E-state index in [1.165, 1.54) is 0 Å². The van der Waals surface area contributed by atoms with Gasteiger partial charge in [0.25, 0.3) is 0 Å². The Hall–Kier alpha value is -8.16. The fourth-order valence-electron chi connectivity index (χ4n) is 10.2. The van der Waals surface area contributed by atoms with E-state index in [2.05, 4.69) is 153 Å². The van der Waals surface area contributed by atoms with Crippen LogP contribution in [0.1, 0.15) is 203 Å². The summed E-state index contributed by atoms with van der Waals surface area (Å²) in [5.41, 5.74) is 9.39. The van der Waals surface area contributed by atoms with Gasteiger partial charge >= 0.3 is 47.5 Å². The highest BCUT2D eigenvalue weighted by molar-refractivity contribution is 6.33. The topological polar surface area (TPSA) is 259 Å². The van der Waals surface area contributed by atoms with Crippen LogP contribution in [-0.2, 0) is 105 Å². The molecule has 0 heterocycles. The minimum Gasteiger partial charge on any atom is -0.493 e. The second-order valence-corrected chi connectivity index (χ2v) is 26.9. The molecular weight excluding hydrogens is 1180 g/mol. The Morgan fingerprint density at radius 1 is 0.304 bits per heavy atom. The Balaban J connectivity index is 1.89. The summed E-state index contributed by atoms with van der Waals surface area (Å²) in [7, 11) is 0. The molecule has 4 amide bonds. The van der Waals surface area contributed by atoms with Crippen molar-refractivity contribution in [2.75, 3.05) is 79.0 Å². The Bertz CT molecular complexity index is 2740. The first-order valence-electron chi connectivity index (χ1n) is 32.3. The third kappa shape index (κ3) is 22.0. The fourth-order valence-corrected chi connectivity index (χ4v) is 10.2. The summed E-state index contributed by atoms with van der Waals surface area (Å²) in [6.45, 7) is 33.8. The molecule has 0 atom stereocenters. The zero-order valence-corrected chi connectivity index (χ0v) is 57.3. The number of carbonyl (C=O) groups is 8. The molecule has 0 spiro atoms. The molecule has 8 bridgehead atoms. The van der Waals surface area contributed by atoms with Crippen LogP contribution < -0.4 is 40.2 Å². The van der Waals surface area contributed by atoms with E-state index in [0.29, 0.717) is 74.4 Å². The van der Waals surface area contributed by atoms with Crippen molar-refractivity contribution in [3.8, 4) is 23.0 Å². The number of hydrogen-bond donors (Lipinski definition) is 4. The predicted molar refractivity (Wildman–Crippen MR) is 351 cm³/mol. The van der Waals surface area contributed by atoms with Crippen molar-refractivity contribution in [1.29, 1.82) is 0 Å². The summed E-state index contributed by atoms with van der Waals surface area (Å²) in [5, 5.41) is 10.7. The minimum absolute atomic E-state index is 0.0567. The van der Waals surface area contributed by atoms with Crippen molar-refractivity contribution in [2.45, 2.75) is 184 Å². The van der Waals surface area contributed by atoms with E-state index in [9.17, 15) is 38.4 Å². The Morgan fingerprint density at radius 2 is 0.467 bits per heavy atom. The van der Waals surface area contributed by atoms with Gasteiger partial charge in [0, 0.05) is 51.9 Å². The fraction of sp³-hybridized carbons (Fsp3) is 0.556. The highest BCUT2D eigenvalue weighted by Gasteiger charge is 2.30. The number of esters is 4. The first kappa shape index (κ1) is 74.6. The lowest BCUT2D eigenvalue weighted by molar-refractivity contribution is -0.154. The lowest BCUT2D eigenvalue weighted by atomic mass is 9.79. The minimum atomic E-state index is -0.968. The molecule has 20 nitrogen and oxygen atoms in total. The number of rotatable bonds is 24. The number of hydrogen-bond acceptors (Lipinski definition) is 16. The number of fused-ring (bicyclic) bond motifs is 8. The van der Waals surface area contributed by atoms with Crippen LogP contribution in [0.5, 0.6) is 23.0 Å². The molecule has 20 heteroatoms. The van der Waals surface area contributed by atoms with Crippen LogP contribution in [0.4, 0.5) is 0 Å². The van der Waals surface area contributed by atoms with Crippen LogP contribution in [0.3, 0.4) is 0 Å². The number of benzene rings is 4. The highest BCUT2D eigenvalue weighted by Crippen LogP contribution is 2.44. The summed E-state index contributed by atoms with van der Waals surface area (Å²) in [6.07, 6.45) is 2.56. The Morgan fingerprint density at radius 3 is 0.609 bits per heavy atom. The van der Waals surface area contributed by atoms with Gasteiger partial charge in [0.15, 0.2) is 0 Å². The van der Waals surface area contributed by atoms with Crippen LogP contribution >= 0.6 is 0 Å². The molecule has 92 heavy (non-hydrogen) atoms. The SMILES string of the molecule is CCOC(=O)C(=O)NCCCOc1c2cc(C(C)(C)C)cc1Cc1cc(C(C)(C)C)cc(c1OCCCNC(=O)C(=O)OCC)Cc1cc(C(C)(C)C)cc(c1OCCCNC(=O)C(=O)OCC)Cc1cc(C(C)(C)C)cc(c1OCCCNC(=O)C(=O)OCC)C2. The normalized spacial score (nSPS) is 12.3. The second kappa shape index (κ2) is 33.9. The molecule has 4 aromatic rings. The van der Waals surface area contributed by atoms with Crippen LogP contribution in [0, 0.1) is 0 Å². The van der Waals surface area contributed by atoms with Crippen molar-refractivity contribution < 1.29 is 76.3 Å². The predicted octanol–water partition coefficient (Wildman–Crippen LogP) is 9.35. The maximum atomic E-state index is 12.7.